The number of nitrogens with zero attached hydrogens (tertiary/aromatic N) is 1. The predicted molar refractivity (Wildman–Crippen MR) is 112 cm³/mol. The first-order valence-electron chi connectivity index (χ1n) is 9.61. The summed E-state index contributed by atoms with van der Waals surface area (Å²) in [5, 5.41) is 0.594. The van der Waals surface area contributed by atoms with Gasteiger partial charge in [-0.1, -0.05) is 61.2 Å². The number of esters is 1. The van der Waals surface area contributed by atoms with Gasteiger partial charge in [-0.3, -0.25) is 4.79 Å². The molecule has 28 heavy (non-hydrogen) atoms. The predicted octanol–water partition coefficient (Wildman–Crippen LogP) is 5.26. The van der Waals surface area contributed by atoms with Gasteiger partial charge in [0.2, 0.25) is 0 Å². The summed E-state index contributed by atoms with van der Waals surface area (Å²) in [5.74, 6) is -0.743. The summed E-state index contributed by atoms with van der Waals surface area (Å²) >= 11 is 5.93. The maximum Gasteiger partial charge on any atom is 0.331 e. The maximum atomic E-state index is 12.9. The average Bonchev–Trinajstić information content (AvgIpc) is 2.72. The van der Waals surface area contributed by atoms with Crippen molar-refractivity contribution in [3.8, 4) is 0 Å². The Morgan fingerprint density at radius 1 is 1.04 bits per heavy atom. The highest BCUT2D eigenvalue weighted by Crippen LogP contribution is 2.27. The van der Waals surface area contributed by atoms with Gasteiger partial charge in [0, 0.05) is 22.8 Å². The van der Waals surface area contributed by atoms with Crippen molar-refractivity contribution < 1.29 is 14.3 Å². The van der Waals surface area contributed by atoms with Crippen LogP contribution in [0, 0.1) is 0 Å². The minimum Gasteiger partial charge on any atom is -0.452 e. The number of benzene rings is 2. The second-order valence-electron chi connectivity index (χ2n) is 6.89. The standard InChI is InChI=1S/C23H24ClNO3/c24-19-9-7-8-18(16-19)14-15-23(27)28-17-22(26)25(20-10-3-1-4-11-20)21-12-5-2-6-13-21/h1,3-4,7-11,14-16,21H,2,5-6,12-13,17H2/b15-14+. The second-order valence-corrected chi connectivity index (χ2v) is 7.32. The number of rotatable bonds is 6. The Balaban J connectivity index is 1.62. The molecule has 1 amide bonds. The zero-order chi connectivity index (χ0) is 19.8. The largest absolute Gasteiger partial charge is 0.452 e. The molecule has 0 aromatic heterocycles. The summed E-state index contributed by atoms with van der Waals surface area (Å²) in [7, 11) is 0. The molecular weight excluding hydrogens is 374 g/mol. The molecular formula is C23H24ClNO3. The van der Waals surface area contributed by atoms with Gasteiger partial charge in [-0.05, 0) is 48.7 Å². The van der Waals surface area contributed by atoms with Crippen LogP contribution in [0.15, 0.2) is 60.7 Å². The highest BCUT2D eigenvalue weighted by atomic mass is 35.5. The quantitative estimate of drug-likeness (QED) is 0.493. The average molecular weight is 398 g/mol. The van der Waals surface area contributed by atoms with E-state index in [1.165, 1.54) is 12.5 Å². The van der Waals surface area contributed by atoms with Gasteiger partial charge in [0.15, 0.2) is 6.61 Å². The molecule has 0 bridgehead atoms. The molecule has 1 saturated carbocycles. The van der Waals surface area contributed by atoms with Crippen LogP contribution in [-0.2, 0) is 14.3 Å². The normalized spacial score (nSPS) is 14.8. The number of amides is 1. The first kappa shape index (κ1) is 20.2. The molecule has 0 N–H and O–H groups in total. The Morgan fingerprint density at radius 3 is 2.50 bits per heavy atom. The lowest BCUT2D eigenvalue weighted by Crippen LogP contribution is -2.43. The Kier molecular flexibility index (Phi) is 7.26. The second kappa shape index (κ2) is 10.1. The Bertz CT molecular complexity index is 829. The van der Waals surface area contributed by atoms with Crippen LogP contribution in [0.5, 0.6) is 0 Å². The van der Waals surface area contributed by atoms with Crippen molar-refractivity contribution in [2.45, 2.75) is 38.1 Å². The van der Waals surface area contributed by atoms with Crippen LogP contribution < -0.4 is 4.90 Å². The highest BCUT2D eigenvalue weighted by Gasteiger charge is 2.27. The fourth-order valence-corrected chi connectivity index (χ4v) is 3.71. The van der Waals surface area contributed by atoms with Crippen molar-refractivity contribution in [1.82, 2.24) is 0 Å². The lowest BCUT2D eigenvalue weighted by Gasteiger charge is -2.34. The molecule has 0 radical (unpaired) electrons. The molecule has 0 heterocycles. The minimum absolute atomic E-state index is 0.157. The van der Waals surface area contributed by atoms with Crippen LogP contribution >= 0.6 is 11.6 Å². The SMILES string of the molecule is O=C(/C=C/c1cccc(Cl)c1)OCC(=O)N(c1ccccc1)C1CCCCC1. The zero-order valence-corrected chi connectivity index (χ0v) is 16.5. The van der Waals surface area contributed by atoms with Crippen LogP contribution in [0.4, 0.5) is 5.69 Å². The molecule has 146 valence electrons. The lowest BCUT2D eigenvalue weighted by molar-refractivity contribution is -0.143. The lowest BCUT2D eigenvalue weighted by atomic mass is 9.93. The van der Waals surface area contributed by atoms with Gasteiger partial charge in [-0.2, -0.15) is 0 Å². The van der Waals surface area contributed by atoms with Gasteiger partial charge in [0.1, 0.15) is 0 Å². The van der Waals surface area contributed by atoms with Crippen molar-refractivity contribution in [1.29, 1.82) is 0 Å². The molecule has 4 nitrogen and oxygen atoms in total. The van der Waals surface area contributed by atoms with Gasteiger partial charge >= 0.3 is 5.97 Å². The van der Waals surface area contributed by atoms with Crippen LogP contribution in [0.2, 0.25) is 5.02 Å². The fraction of sp³-hybridized carbons (Fsp3) is 0.304. The molecule has 1 aliphatic rings. The zero-order valence-electron chi connectivity index (χ0n) is 15.7. The van der Waals surface area contributed by atoms with E-state index in [2.05, 4.69) is 0 Å². The van der Waals surface area contributed by atoms with Crippen molar-refractivity contribution in [3.63, 3.8) is 0 Å². The number of carbonyl (C=O) groups is 2. The molecule has 0 atom stereocenters. The summed E-state index contributed by atoms with van der Waals surface area (Å²) < 4.78 is 5.20. The smallest absolute Gasteiger partial charge is 0.331 e. The van der Waals surface area contributed by atoms with E-state index in [1.54, 1.807) is 29.2 Å². The third-order valence-corrected chi connectivity index (χ3v) is 5.08. The molecule has 2 aromatic rings. The summed E-state index contributed by atoms with van der Waals surface area (Å²) in [6.07, 6.45) is 8.32. The minimum atomic E-state index is -0.551. The third kappa shape index (κ3) is 5.70. The van der Waals surface area contributed by atoms with Gasteiger partial charge in [-0.15, -0.1) is 0 Å². The molecule has 0 aliphatic heterocycles. The van der Waals surface area contributed by atoms with E-state index < -0.39 is 5.97 Å². The number of hydrogen-bond acceptors (Lipinski definition) is 3. The Morgan fingerprint density at radius 2 is 1.79 bits per heavy atom. The monoisotopic (exact) mass is 397 g/mol. The van der Waals surface area contributed by atoms with Gasteiger partial charge < -0.3 is 9.64 Å². The van der Waals surface area contributed by atoms with Crippen LogP contribution in [0.25, 0.3) is 6.08 Å². The van der Waals surface area contributed by atoms with E-state index in [-0.39, 0.29) is 18.6 Å². The van der Waals surface area contributed by atoms with Gasteiger partial charge in [0.25, 0.3) is 5.91 Å². The fourth-order valence-electron chi connectivity index (χ4n) is 3.51. The topological polar surface area (TPSA) is 46.6 Å². The number of carbonyl (C=O) groups excluding carboxylic acids is 2. The number of para-hydroxylation sites is 1. The number of hydrogen-bond donors (Lipinski definition) is 0. The van der Waals surface area contributed by atoms with Crippen molar-refractivity contribution >= 4 is 35.2 Å². The van der Waals surface area contributed by atoms with Crippen LogP contribution in [0.3, 0.4) is 0 Å². The molecule has 0 unspecified atom stereocenters. The molecule has 0 spiro atoms. The molecule has 3 rings (SSSR count). The Hall–Kier alpha value is -2.59. The van der Waals surface area contributed by atoms with E-state index in [0.29, 0.717) is 5.02 Å². The van der Waals surface area contributed by atoms with Gasteiger partial charge in [-0.25, -0.2) is 4.79 Å². The Labute approximate surface area is 170 Å². The van der Waals surface area contributed by atoms with E-state index in [9.17, 15) is 9.59 Å². The van der Waals surface area contributed by atoms with E-state index in [1.807, 2.05) is 36.4 Å². The van der Waals surface area contributed by atoms with Crippen molar-refractivity contribution in [2.75, 3.05) is 11.5 Å². The first-order chi connectivity index (χ1) is 13.6. The number of anilines is 1. The van der Waals surface area contributed by atoms with Crippen LogP contribution in [0.1, 0.15) is 37.7 Å². The van der Waals surface area contributed by atoms with Crippen LogP contribution in [-0.4, -0.2) is 24.5 Å². The molecule has 2 aromatic carbocycles. The first-order valence-corrected chi connectivity index (χ1v) is 9.99. The molecule has 1 fully saturated rings. The number of ether oxygens (including phenoxy) is 1. The van der Waals surface area contributed by atoms with E-state index in [0.717, 1.165) is 36.9 Å². The molecule has 0 saturated heterocycles. The summed E-state index contributed by atoms with van der Waals surface area (Å²) in [4.78, 5) is 26.7. The summed E-state index contributed by atoms with van der Waals surface area (Å²) in [6, 6.07) is 16.9. The summed E-state index contributed by atoms with van der Waals surface area (Å²) in [5.41, 5.74) is 1.65. The summed E-state index contributed by atoms with van der Waals surface area (Å²) in [6.45, 7) is -0.274. The molecule has 5 heteroatoms. The van der Waals surface area contributed by atoms with Crippen molar-refractivity contribution in [2.24, 2.45) is 0 Å². The van der Waals surface area contributed by atoms with Gasteiger partial charge in [0.05, 0.1) is 0 Å². The van der Waals surface area contributed by atoms with E-state index >= 15 is 0 Å². The maximum absolute atomic E-state index is 12.9. The number of halogens is 1. The molecule has 1 aliphatic carbocycles. The van der Waals surface area contributed by atoms with E-state index in [4.69, 9.17) is 16.3 Å². The highest BCUT2D eigenvalue weighted by molar-refractivity contribution is 6.30. The van der Waals surface area contributed by atoms with Crippen molar-refractivity contribution in [3.05, 3.63) is 71.3 Å². The third-order valence-electron chi connectivity index (χ3n) is 4.84.